The number of hydrogen-bond donors (Lipinski definition) is 4. The van der Waals surface area contributed by atoms with Gasteiger partial charge in [-0.1, -0.05) is 13.3 Å². The van der Waals surface area contributed by atoms with Gasteiger partial charge in [-0.15, -0.1) is 0 Å². The average Bonchev–Trinajstić information content (AvgIpc) is 2.29. The highest BCUT2D eigenvalue weighted by Gasteiger charge is 2.27. The first-order valence-electron chi connectivity index (χ1n) is 5.57. The lowest BCUT2D eigenvalue weighted by Gasteiger charge is -2.24. The van der Waals surface area contributed by atoms with Crippen LogP contribution in [0.15, 0.2) is 0 Å². The van der Waals surface area contributed by atoms with Gasteiger partial charge in [-0.3, -0.25) is 14.9 Å². The van der Waals surface area contributed by atoms with Crippen LogP contribution in [0.4, 0.5) is 0 Å². The molecule has 1 aliphatic rings. The molecule has 7 heteroatoms. The summed E-state index contributed by atoms with van der Waals surface area (Å²) in [6.07, 6.45) is 1.06. The highest BCUT2D eigenvalue weighted by molar-refractivity contribution is 5.89. The largest absolute Gasteiger partial charge is 0.480 e. The minimum atomic E-state index is -1.04. The number of hydrogen-bond acceptors (Lipinski definition) is 4. The van der Waals surface area contributed by atoms with Crippen molar-refractivity contribution in [3.8, 4) is 0 Å². The number of amides is 2. The zero-order valence-electron chi connectivity index (χ0n) is 9.66. The number of nitrogens with one attached hydrogen (secondary N) is 3. The summed E-state index contributed by atoms with van der Waals surface area (Å²) in [6, 6.07) is -1.43. The molecule has 0 aliphatic carbocycles. The summed E-state index contributed by atoms with van der Waals surface area (Å²) >= 11 is 0. The molecule has 1 fully saturated rings. The van der Waals surface area contributed by atoms with Gasteiger partial charge >= 0.3 is 5.97 Å². The second-order valence-corrected chi connectivity index (χ2v) is 3.93. The van der Waals surface area contributed by atoms with Crippen LogP contribution in [0.3, 0.4) is 0 Å². The number of rotatable bonds is 5. The van der Waals surface area contributed by atoms with Gasteiger partial charge in [-0.25, -0.2) is 4.79 Å². The van der Waals surface area contributed by atoms with Crippen LogP contribution in [0, 0.1) is 0 Å². The summed E-state index contributed by atoms with van der Waals surface area (Å²) in [7, 11) is 0. The van der Waals surface area contributed by atoms with E-state index in [-0.39, 0.29) is 19.0 Å². The highest BCUT2D eigenvalue weighted by atomic mass is 16.4. The second kappa shape index (κ2) is 6.19. The SMILES string of the molecule is CCC[C@H](NC(=O)C1CNC(=O)CN1)C(=O)O. The van der Waals surface area contributed by atoms with Gasteiger partial charge in [-0.05, 0) is 6.42 Å². The van der Waals surface area contributed by atoms with Crippen molar-refractivity contribution < 1.29 is 19.5 Å². The van der Waals surface area contributed by atoms with E-state index in [9.17, 15) is 14.4 Å². The Morgan fingerprint density at radius 1 is 1.59 bits per heavy atom. The fourth-order valence-corrected chi connectivity index (χ4v) is 1.57. The van der Waals surface area contributed by atoms with Gasteiger partial charge in [0.1, 0.15) is 12.1 Å². The van der Waals surface area contributed by atoms with Gasteiger partial charge in [0.25, 0.3) is 0 Å². The van der Waals surface area contributed by atoms with Crippen LogP contribution < -0.4 is 16.0 Å². The molecule has 0 saturated carbocycles. The maximum atomic E-state index is 11.7. The van der Waals surface area contributed by atoms with E-state index in [2.05, 4.69) is 16.0 Å². The molecule has 0 aromatic carbocycles. The van der Waals surface area contributed by atoms with E-state index >= 15 is 0 Å². The van der Waals surface area contributed by atoms with Crippen molar-refractivity contribution in [3.05, 3.63) is 0 Å². The Bertz CT molecular complexity index is 309. The Morgan fingerprint density at radius 3 is 2.76 bits per heavy atom. The fourth-order valence-electron chi connectivity index (χ4n) is 1.57. The van der Waals surface area contributed by atoms with E-state index in [1.165, 1.54) is 0 Å². The van der Waals surface area contributed by atoms with Crippen LogP contribution in [0.2, 0.25) is 0 Å². The molecular weight excluding hydrogens is 226 g/mol. The molecule has 1 aliphatic heterocycles. The Morgan fingerprint density at radius 2 is 2.29 bits per heavy atom. The van der Waals surface area contributed by atoms with Crippen LogP contribution in [0.5, 0.6) is 0 Å². The van der Waals surface area contributed by atoms with E-state index in [0.29, 0.717) is 12.8 Å². The standard InChI is InChI=1S/C10H17N3O4/c1-2-3-6(10(16)17)13-9(15)7-4-12-8(14)5-11-7/h6-7,11H,2-5H2,1H3,(H,12,14)(H,13,15)(H,16,17)/t6-,7?/m0/s1. The molecule has 1 saturated heterocycles. The normalized spacial score (nSPS) is 21.5. The monoisotopic (exact) mass is 243 g/mol. The summed E-state index contributed by atoms with van der Waals surface area (Å²) in [6.45, 7) is 2.11. The minimum absolute atomic E-state index is 0.0730. The number of aliphatic carboxylic acids is 1. The lowest BCUT2D eigenvalue weighted by atomic mass is 10.1. The third kappa shape index (κ3) is 4.03. The smallest absolute Gasteiger partial charge is 0.326 e. The van der Waals surface area contributed by atoms with Crippen molar-refractivity contribution in [2.24, 2.45) is 0 Å². The van der Waals surface area contributed by atoms with Crippen LogP contribution in [-0.2, 0) is 14.4 Å². The molecular formula is C10H17N3O4. The zero-order valence-corrected chi connectivity index (χ0v) is 9.66. The Kier molecular flexibility index (Phi) is 4.89. The van der Waals surface area contributed by atoms with Gasteiger partial charge in [0.15, 0.2) is 0 Å². The van der Waals surface area contributed by atoms with Crippen molar-refractivity contribution in [1.29, 1.82) is 0 Å². The highest BCUT2D eigenvalue weighted by Crippen LogP contribution is 1.98. The maximum absolute atomic E-state index is 11.7. The summed E-state index contributed by atoms with van der Waals surface area (Å²) in [4.78, 5) is 33.4. The lowest BCUT2D eigenvalue weighted by Crippen LogP contribution is -2.59. The molecule has 1 unspecified atom stereocenters. The molecule has 0 bridgehead atoms. The molecule has 7 nitrogen and oxygen atoms in total. The number of carbonyl (C=O) groups is 3. The van der Waals surface area contributed by atoms with Gasteiger partial charge in [-0.2, -0.15) is 0 Å². The van der Waals surface area contributed by atoms with E-state index < -0.39 is 24.0 Å². The summed E-state index contributed by atoms with van der Waals surface area (Å²) in [5.41, 5.74) is 0. The van der Waals surface area contributed by atoms with Gasteiger partial charge in [0.2, 0.25) is 11.8 Å². The zero-order chi connectivity index (χ0) is 12.8. The molecule has 4 N–H and O–H groups in total. The minimum Gasteiger partial charge on any atom is -0.480 e. The number of piperazine rings is 1. The fraction of sp³-hybridized carbons (Fsp3) is 0.700. The maximum Gasteiger partial charge on any atom is 0.326 e. The van der Waals surface area contributed by atoms with E-state index in [1.807, 2.05) is 6.92 Å². The summed E-state index contributed by atoms with van der Waals surface area (Å²) < 4.78 is 0. The molecule has 1 heterocycles. The first-order valence-corrected chi connectivity index (χ1v) is 5.57. The Hall–Kier alpha value is -1.63. The number of carboxylic acids is 1. The van der Waals surface area contributed by atoms with E-state index in [0.717, 1.165) is 0 Å². The Balaban J connectivity index is 2.46. The third-order valence-corrected chi connectivity index (χ3v) is 2.52. The molecule has 2 amide bonds. The molecule has 17 heavy (non-hydrogen) atoms. The molecule has 0 radical (unpaired) electrons. The summed E-state index contributed by atoms with van der Waals surface area (Å²) in [5, 5.41) is 16.6. The second-order valence-electron chi connectivity index (χ2n) is 3.93. The predicted molar refractivity (Wildman–Crippen MR) is 59.3 cm³/mol. The van der Waals surface area contributed by atoms with Crippen molar-refractivity contribution >= 4 is 17.8 Å². The molecule has 0 aromatic heterocycles. The number of carbonyl (C=O) groups excluding carboxylic acids is 2. The van der Waals surface area contributed by atoms with Crippen LogP contribution in [-0.4, -0.2) is 48.1 Å². The Labute approximate surface area is 98.9 Å². The topological polar surface area (TPSA) is 108 Å². The van der Waals surface area contributed by atoms with Gasteiger partial charge in [0, 0.05) is 6.54 Å². The van der Waals surface area contributed by atoms with Gasteiger partial charge in [0.05, 0.1) is 6.54 Å². The van der Waals surface area contributed by atoms with Crippen molar-refractivity contribution in [3.63, 3.8) is 0 Å². The first-order chi connectivity index (χ1) is 8.04. The van der Waals surface area contributed by atoms with Crippen LogP contribution >= 0.6 is 0 Å². The van der Waals surface area contributed by atoms with E-state index in [1.54, 1.807) is 0 Å². The van der Waals surface area contributed by atoms with Gasteiger partial charge < -0.3 is 15.7 Å². The molecule has 1 rings (SSSR count). The quantitative estimate of drug-likeness (QED) is 0.467. The third-order valence-electron chi connectivity index (χ3n) is 2.52. The van der Waals surface area contributed by atoms with Crippen molar-refractivity contribution in [2.45, 2.75) is 31.8 Å². The predicted octanol–water partition coefficient (Wildman–Crippen LogP) is -1.56. The van der Waals surface area contributed by atoms with E-state index in [4.69, 9.17) is 5.11 Å². The average molecular weight is 243 g/mol. The molecule has 96 valence electrons. The first kappa shape index (κ1) is 13.4. The van der Waals surface area contributed by atoms with Crippen molar-refractivity contribution in [2.75, 3.05) is 13.1 Å². The molecule has 0 spiro atoms. The number of carboxylic acid groups (broad SMARTS) is 1. The summed E-state index contributed by atoms with van der Waals surface area (Å²) in [5.74, 6) is -1.61. The van der Waals surface area contributed by atoms with Crippen molar-refractivity contribution in [1.82, 2.24) is 16.0 Å². The molecule has 2 atom stereocenters. The van der Waals surface area contributed by atoms with Crippen LogP contribution in [0.1, 0.15) is 19.8 Å². The van der Waals surface area contributed by atoms with Crippen LogP contribution in [0.25, 0.3) is 0 Å². The lowest BCUT2D eigenvalue weighted by molar-refractivity contribution is -0.142. The molecule has 0 aromatic rings.